The van der Waals surface area contributed by atoms with Gasteiger partial charge in [0.15, 0.2) is 6.03 Å². The quantitative estimate of drug-likeness (QED) is 0.772. The van der Waals surface area contributed by atoms with Gasteiger partial charge in [-0.25, -0.2) is 0 Å². The molecule has 1 aromatic carbocycles. The molecule has 5 heteroatoms. The summed E-state index contributed by atoms with van der Waals surface area (Å²) in [6.45, 7) is 5.48. The minimum Gasteiger partial charge on any atom is -0.370 e. The van der Waals surface area contributed by atoms with Crippen molar-refractivity contribution in [3.8, 4) is 0 Å². The van der Waals surface area contributed by atoms with Gasteiger partial charge < -0.3 is 18.9 Å². The normalized spacial score (nSPS) is 37.5. The fourth-order valence-electron chi connectivity index (χ4n) is 3.38. The summed E-state index contributed by atoms with van der Waals surface area (Å²) in [5.41, 5.74) is 1.18. The first-order valence-corrected chi connectivity index (χ1v) is 9.41. The van der Waals surface area contributed by atoms with Crippen molar-refractivity contribution in [3.63, 3.8) is 0 Å². The van der Waals surface area contributed by atoms with Crippen LogP contribution in [-0.4, -0.2) is 43.4 Å². The molecule has 0 bridgehead atoms. The highest BCUT2D eigenvalue weighted by atomic mass is 31.1. The molecular weight excluding hydrogens is 311 g/mol. The average molecular weight is 336 g/mol. The lowest BCUT2D eigenvalue weighted by Gasteiger charge is -2.48. The second kappa shape index (κ2) is 7.87. The average Bonchev–Trinajstić information content (AvgIpc) is 2.61. The van der Waals surface area contributed by atoms with E-state index >= 15 is 0 Å². The lowest BCUT2D eigenvalue weighted by molar-refractivity contribution is -0.302. The SMILES string of the molecule is C=PC1OCC2OC(CC)C(C)C(OCc3ccccc3)C2O1. The van der Waals surface area contributed by atoms with Gasteiger partial charge in [0.1, 0.15) is 12.2 Å². The highest BCUT2D eigenvalue weighted by Crippen LogP contribution is 2.36. The molecule has 2 aliphatic rings. The van der Waals surface area contributed by atoms with E-state index in [1.807, 2.05) is 18.2 Å². The highest BCUT2D eigenvalue weighted by molar-refractivity contribution is 7.36. The van der Waals surface area contributed by atoms with Crippen molar-refractivity contribution >= 4 is 14.5 Å². The van der Waals surface area contributed by atoms with E-state index in [4.69, 9.17) is 18.9 Å². The van der Waals surface area contributed by atoms with E-state index in [9.17, 15) is 0 Å². The number of benzene rings is 1. The molecule has 0 radical (unpaired) electrons. The largest absolute Gasteiger partial charge is 0.370 e. The van der Waals surface area contributed by atoms with Crippen LogP contribution >= 0.6 is 8.20 Å². The molecule has 1 aromatic rings. The zero-order valence-corrected chi connectivity index (χ0v) is 14.7. The topological polar surface area (TPSA) is 36.9 Å². The monoisotopic (exact) mass is 336 g/mol. The number of rotatable bonds is 5. The van der Waals surface area contributed by atoms with E-state index in [2.05, 4.69) is 32.3 Å². The summed E-state index contributed by atoms with van der Waals surface area (Å²) in [6.07, 6.45) is 4.85. The standard InChI is InChI=1S/C18H25O4P/c1-4-14-12(2)16(19-10-13-8-6-5-7-9-13)17-15(21-14)11-20-18(22-17)23-3/h5-9,12,14-18H,3-4,10-11H2,1-2H3. The molecule has 6 unspecified atom stereocenters. The first-order valence-electron chi connectivity index (χ1n) is 8.26. The van der Waals surface area contributed by atoms with Crippen molar-refractivity contribution in [2.24, 2.45) is 5.92 Å². The summed E-state index contributed by atoms with van der Waals surface area (Å²) in [6, 6.07) is 9.97. The van der Waals surface area contributed by atoms with Gasteiger partial charge in [0.25, 0.3) is 0 Å². The molecule has 23 heavy (non-hydrogen) atoms. The van der Waals surface area contributed by atoms with Gasteiger partial charge >= 0.3 is 0 Å². The third-order valence-electron chi connectivity index (χ3n) is 4.66. The Labute approximate surface area is 139 Å². The summed E-state index contributed by atoms with van der Waals surface area (Å²) in [5.74, 6) is 0.283. The first kappa shape index (κ1) is 17.1. The van der Waals surface area contributed by atoms with E-state index in [0.29, 0.717) is 13.2 Å². The Balaban J connectivity index is 1.73. The molecule has 4 nitrogen and oxygen atoms in total. The molecule has 2 saturated heterocycles. The van der Waals surface area contributed by atoms with Crippen LogP contribution in [0.1, 0.15) is 25.8 Å². The molecule has 2 fully saturated rings. The Bertz CT molecular complexity index is 509. The van der Waals surface area contributed by atoms with Crippen LogP contribution in [0.2, 0.25) is 0 Å². The van der Waals surface area contributed by atoms with Crippen LogP contribution < -0.4 is 0 Å². The van der Waals surface area contributed by atoms with E-state index in [1.54, 1.807) is 0 Å². The third kappa shape index (κ3) is 3.84. The zero-order chi connectivity index (χ0) is 16.2. The summed E-state index contributed by atoms with van der Waals surface area (Å²) in [7, 11) is 0.838. The van der Waals surface area contributed by atoms with E-state index in [0.717, 1.165) is 14.6 Å². The van der Waals surface area contributed by atoms with Crippen molar-refractivity contribution in [3.05, 3.63) is 35.9 Å². The van der Waals surface area contributed by atoms with E-state index in [-0.39, 0.29) is 36.4 Å². The van der Waals surface area contributed by atoms with Crippen molar-refractivity contribution in [1.82, 2.24) is 0 Å². The van der Waals surface area contributed by atoms with Crippen molar-refractivity contribution in [2.45, 2.75) is 57.3 Å². The van der Waals surface area contributed by atoms with Gasteiger partial charge in [0.05, 0.1) is 25.4 Å². The second-order valence-corrected chi connectivity index (χ2v) is 6.95. The maximum Gasteiger partial charge on any atom is 0.200 e. The van der Waals surface area contributed by atoms with Crippen LogP contribution in [-0.2, 0) is 25.6 Å². The molecule has 2 aliphatic heterocycles. The van der Waals surface area contributed by atoms with Gasteiger partial charge in [-0.1, -0.05) is 50.5 Å². The molecule has 126 valence electrons. The van der Waals surface area contributed by atoms with Crippen LogP contribution in [0.15, 0.2) is 30.3 Å². The molecule has 3 rings (SSSR count). The van der Waals surface area contributed by atoms with Crippen LogP contribution in [0.4, 0.5) is 0 Å². The highest BCUT2D eigenvalue weighted by Gasteiger charge is 2.47. The predicted octanol–water partition coefficient (Wildman–Crippen LogP) is 3.46. The van der Waals surface area contributed by atoms with Gasteiger partial charge in [-0.2, -0.15) is 0 Å². The second-order valence-electron chi connectivity index (χ2n) is 6.17. The van der Waals surface area contributed by atoms with Gasteiger partial charge in [0.2, 0.25) is 0 Å². The van der Waals surface area contributed by atoms with E-state index < -0.39 is 0 Å². The van der Waals surface area contributed by atoms with Crippen molar-refractivity contribution < 1.29 is 18.9 Å². The molecular formula is C18H25O4P. The molecule has 0 spiro atoms. The maximum absolute atomic E-state index is 6.29. The van der Waals surface area contributed by atoms with Crippen LogP contribution in [0, 0.1) is 5.92 Å². The Morgan fingerprint density at radius 3 is 2.74 bits per heavy atom. The summed E-state index contributed by atoms with van der Waals surface area (Å²) in [4.78, 5) is 0. The van der Waals surface area contributed by atoms with Gasteiger partial charge in [0, 0.05) is 5.92 Å². The fraction of sp³-hybridized carbons (Fsp3) is 0.611. The van der Waals surface area contributed by atoms with E-state index in [1.165, 1.54) is 5.56 Å². The number of hydrogen-bond acceptors (Lipinski definition) is 4. The Kier molecular flexibility index (Phi) is 5.84. The molecule has 2 heterocycles. The Hall–Kier alpha value is -0.770. The summed E-state index contributed by atoms with van der Waals surface area (Å²) < 4.78 is 24.2. The number of fused-ring (bicyclic) bond motifs is 1. The van der Waals surface area contributed by atoms with Crippen molar-refractivity contribution in [1.29, 1.82) is 0 Å². The van der Waals surface area contributed by atoms with Crippen LogP contribution in [0.3, 0.4) is 0 Å². The zero-order valence-electron chi connectivity index (χ0n) is 13.8. The molecule has 0 aromatic heterocycles. The summed E-state index contributed by atoms with van der Waals surface area (Å²) >= 11 is 0. The molecule has 0 aliphatic carbocycles. The number of ether oxygens (including phenoxy) is 4. The lowest BCUT2D eigenvalue weighted by atomic mass is 9.86. The molecule has 0 saturated carbocycles. The smallest absolute Gasteiger partial charge is 0.200 e. The number of hydrogen-bond donors (Lipinski definition) is 0. The fourth-order valence-corrected chi connectivity index (χ4v) is 3.79. The Morgan fingerprint density at radius 2 is 2.04 bits per heavy atom. The Morgan fingerprint density at radius 1 is 1.26 bits per heavy atom. The minimum absolute atomic E-state index is 0.00653. The first-order chi connectivity index (χ1) is 11.2. The van der Waals surface area contributed by atoms with Crippen LogP contribution in [0.5, 0.6) is 0 Å². The van der Waals surface area contributed by atoms with Gasteiger partial charge in [-0.05, 0) is 20.2 Å². The lowest BCUT2D eigenvalue weighted by Crippen LogP contribution is -2.59. The molecule has 0 amide bonds. The summed E-state index contributed by atoms with van der Waals surface area (Å²) in [5, 5.41) is 0. The maximum atomic E-state index is 6.29. The van der Waals surface area contributed by atoms with Crippen molar-refractivity contribution in [2.75, 3.05) is 6.61 Å². The van der Waals surface area contributed by atoms with Crippen LogP contribution in [0.25, 0.3) is 0 Å². The van der Waals surface area contributed by atoms with Gasteiger partial charge in [-0.3, -0.25) is 0 Å². The third-order valence-corrected chi connectivity index (χ3v) is 5.23. The molecule has 6 atom stereocenters. The van der Waals surface area contributed by atoms with Gasteiger partial charge in [-0.15, -0.1) is 0 Å². The molecule has 0 N–H and O–H groups in total. The predicted molar refractivity (Wildman–Crippen MR) is 91.8 cm³/mol. The minimum atomic E-state index is -0.284.